The third-order valence-electron chi connectivity index (χ3n) is 5.99. The van der Waals surface area contributed by atoms with E-state index in [4.69, 9.17) is 4.74 Å². The molecule has 1 fully saturated rings. The smallest absolute Gasteiger partial charge is 0.338 e. The molecule has 0 saturated carbocycles. The maximum absolute atomic E-state index is 12.7. The first-order valence-corrected chi connectivity index (χ1v) is 9.34. The minimum atomic E-state index is -0.321. The van der Waals surface area contributed by atoms with Crippen molar-refractivity contribution >= 4 is 5.97 Å². The van der Waals surface area contributed by atoms with Gasteiger partial charge in [0.1, 0.15) is 6.10 Å². The molecule has 0 amide bonds. The predicted molar refractivity (Wildman–Crippen MR) is 103 cm³/mol. The summed E-state index contributed by atoms with van der Waals surface area (Å²) in [6.45, 7) is 8.71. The van der Waals surface area contributed by atoms with Crippen molar-refractivity contribution in [2.24, 2.45) is 5.92 Å². The van der Waals surface area contributed by atoms with Crippen LogP contribution in [-0.2, 0) is 10.3 Å². The fourth-order valence-electron chi connectivity index (χ4n) is 3.95. The van der Waals surface area contributed by atoms with Crippen molar-refractivity contribution in [3.63, 3.8) is 0 Å². The van der Waals surface area contributed by atoms with Crippen molar-refractivity contribution in [2.75, 3.05) is 0 Å². The predicted octanol–water partition coefficient (Wildman–Crippen LogP) is 4.32. The highest BCUT2D eigenvalue weighted by Gasteiger charge is 2.49. The van der Waals surface area contributed by atoms with Gasteiger partial charge >= 0.3 is 5.97 Å². The average Bonchev–Trinajstić information content (AvgIpc) is 2.67. The average molecular weight is 352 g/mol. The van der Waals surface area contributed by atoms with Crippen molar-refractivity contribution in [1.82, 2.24) is 10.3 Å². The van der Waals surface area contributed by atoms with E-state index in [1.165, 1.54) is 0 Å². The number of esters is 1. The number of piperidine rings is 1. The lowest BCUT2D eigenvalue weighted by Gasteiger charge is -2.53. The maximum Gasteiger partial charge on any atom is 0.338 e. The number of aromatic nitrogens is 1. The van der Waals surface area contributed by atoms with Gasteiger partial charge in [0.05, 0.1) is 5.56 Å². The normalized spacial score (nSPS) is 31.4. The topological polar surface area (TPSA) is 51.2 Å². The van der Waals surface area contributed by atoms with E-state index in [1.807, 2.05) is 30.5 Å². The van der Waals surface area contributed by atoms with Crippen LogP contribution in [0, 0.1) is 5.92 Å². The van der Waals surface area contributed by atoms with Gasteiger partial charge in [0.2, 0.25) is 0 Å². The summed E-state index contributed by atoms with van der Waals surface area (Å²) in [6.07, 6.45) is 5.26. The molecule has 1 aliphatic rings. The molecule has 138 valence electrons. The second kappa shape index (κ2) is 7.20. The number of pyridine rings is 1. The third kappa shape index (κ3) is 3.51. The number of hydrogen-bond donors (Lipinski definition) is 1. The molecule has 3 rings (SSSR count). The van der Waals surface area contributed by atoms with Crippen LogP contribution < -0.4 is 5.32 Å². The summed E-state index contributed by atoms with van der Waals surface area (Å²) in [5.74, 6) is -0.143. The summed E-state index contributed by atoms with van der Waals surface area (Å²) >= 11 is 0. The van der Waals surface area contributed by atoms with Crippen LogP contribution in [-0.4, -0.2) is 22.6 Å². The molecule has 26 heavy (non-hydrogen) atoms. The molecule has 0 radical (unpaired) electrons. The lowest BCUT2D eigenvalue weighted by atomic mass is 9.68. The third-order valence-corrected chi connectivity index (χ3v) is 5.99. The summed E-state index contributed by atoms with van der Waals surface area (Å²) in [7, 11) is 0. The SMILES string of the molecule is CCC1(C)CC(OC(=O)c2ccccc2)C(C)C(C)(c2cccnc2)N1. The zero-order chi connectivity index (χ0) is 18.8. The molecule has 1 N–H and O–H groups in total. The Hall–Kier alpha value is -2.20. The highest BCUT2D eigenvalue weighted by molar-refractivity contribution is 5.89. The van der Waals surface area contributed by atoms with E-state index in [1.54, 1.807) is 18.3 Å². The summed E-state index contributed by atoms with van der Waals surface area (Å²) in [6, 6.07) is 13.3. The molecule has 1 saturated heterocycles. The second-order valence-electron chi connectivity index (χ2n) is 7.79. The zero-order valence-corrected chi connectivity index (χ0v) is 16.0. The van der Waals surface area contributed by atoms with E-state index in [2.05, 4.69) is 44.1 Å². The van der Waals surface area contributed by atoms with Crippen LogP contribution in [0.15, 0.2) is 54.9 Å². The Morgan fingerprint density at radius 1 is 1.23 bits per heavy atom. The van der Waals surface area contributed by atoms with E-state index in [-0.39, 0.29) is 29.1 Å². The zero-order valence-electron chi connectivity index (χ0n) is 16.0. The summed E-state index contributed by atoms with van der Waals surface area (Å²) in [5, 5.41) is 3.83. The first-order chi connectivity index (χ1) is 12.4. The van der Waals surface area contributed by atoms with Crippen LogP contribution in [0.25, 0.3) is 0 Å². The van der Waals surface area contributed by atoms with Crippen LogP contribution in [0.4, 0.5) is 0 Å². The summed E-state index contributed by atoms with van der Waals surface area (Å²) < 4.78 is 6.00. The monoisotopic (exact) mass is 352 g/mol. The number of benzene rings is 1. The van der Waals surface area contributed by atoms with E-state index < -0.39 is 0 Å². The number of nitrogens with one attached hydrogen (secondary N) is 1. The molecule has 4 unspecified atom stereocenters. The van der Waals surface area contributed by atoms with Gasteiger partial charge in [-0.2, -0.15) is 0 Å². The molecule has 2 heterocycles. The van der Waals surface area contributed by atoms with Gasteiger partial charge in [0.25, 0.3) is 0 Å². The van der Waals surface area contributed by atoms with Crippen molar-refractivity contribution in [2.45, 2.75) is 57.7 Å². The number of rotatable bonds is 4. The summed E-state index contributed by atoms with van der Waals surface area (Å²) in [5.41, 5.74) is 1.28. The molecule has 4 atom stereocenters. The first kappa shape index (κ1) is 18.6. The summed E-state index contributed by atoms with van der Waals surface area (Å²) in [4.78, 5) is 16.9. The van der Waals surface area contributed by atoms with E-state index in [0.29, 0.717) is 5.56 Å². The Labute approximate surface area is 156 Å². The Kier molecular flexibility index (Phi) is 5.15. The van der Waals surface area contributed by atoms with Crippen LogP contribution in [0.2, 0.25) is 0 Å². The van der Waals surface area contributed by atoms with Crippen LogP contribution >= 0.6 is 0 Å². The largest absolute Gasteiger partial charge is 0.458 e. The van der Waals surface area contributed by atoms with E-state index >= 15 is 0 Å². The molecular formula is C22H28N2O2. The molecule has 1 aromatic carbocycles. The van der Waals surface area contributed by atoms with Gasteiger partial charge in [-0.15, -0.1) is 0 Å². The van der Waals surface area contributed by atoms with Gasteiger partial charge in [-0.3, -0.25) is 4.98 Å². The molecular weight excluding hydrogens is 324 g/mol. The van der Waals surface area contributed by atoms with Gasteiger partial charge in [-0.25, -0.2) is 4.79 Å². The quantitative estimate of drug-likeness (QED) is 0.833. The van der Waals surface area contributed by atoms with E-state index in [0.717, 1.165) is 18.4 Å². The number of carbonyl (C=O) groups excluding carboxylic acids is 1. The number of nitrogens with zero attached hydrogens (tertiary/aromatic N) is 1. The maximum atomic E-state index is 12.7. The van der Waals surface area contributed by atoms with E-state index in [9.17, 15) is 4.79 Å². The van der Waals surface area contributed by atoms with Gasteiger partial charge in [0.15, 0.2) is 0 Å². The van der Waals surface area contributed by atoms with Gasteiger partial charge in [-0.05, 0) is 44.0 Å². The minimum absolute atomic E-state index is 0.110. The Morgan fingerprint density at radius 3 is 2.58 bits per heavy atom. The molecule has 4 nitrogen and oxygen atoms in total. The van der Waals surface area contributed by atoms with Crippen molar-refractivity contribution < 1.29 is 9.53 Å². The van der Waals surface area contributed by atoms with Crippen molar-refractivity contribution in [3.05, 3.63) is 66.0 Å². The lowest BCUT2D eigenvalue weighted by Crippen LogP contribution is -2.64. The van der Waals surface area contributed by atoms with Gasteiger partial charge < -0.3 is 10.1 Å². The van der Waals surface area contributed by atoms with Gasteiger partial charge in [0, 0.05) is 35.8 Å². The second-order valence-corrected chi connectivity index (χ2v) is 7.79. The lowest BCUT2D eigenvalue weighted by molar-refractivity contribution is -0.0495. The van der Waals surface area contributed by atoms with Crippen LogP contribution in [0.1, 0.15) is 56.5 Å². The highest BCUT2D eigenvalue weighted by Crippen LogP contribution is 2.42. The Bertz CT molecular complexity index is 749. The van der Waals surface area contributed by atoms with Crippen LogP contribution in [0.3, 0.4) is 0 Å². The Morgan fingerprint density at radius 2 is 1.96 bits per heavy atom. The molecule has 0 spiro atoms. The first-order valence-electron chi connectivity index (χ1n) is 9.34. The molecule has 1 aromatic heterocycles. The fraction of sp³-hybridized carbons (Fsp3) is 0.455. The number of ether oxygens (including phenoxy) is 1. The number of carbonyl (C=O) groups is 1. The van der Waals surface area contributed by atoms with Crippen molar-refractivity contribution in [3.8, 4) is 0 Å². The standard InChI is InChI=1S/C22H28N2O2/c1-5-21(3)14-19(26-20(25)17-10-7-6-8-11-17)16(2)22(4,24-21)18-12-9-13-23-15-18/h6-13,15-16,19,24H,5,14H2,1-4H3. The molecule has 2 aromatic rings. The fourth-order valence-corrected chi connectivity index (χ4v) is 3.95. The molecule has 1 aliphatic heterocycles. The van der Waals surface area contributed by atoms with Crippen molar-refractivity contribution in [1.29, 1.82) is 0 Å². The minimum Gasteiger partial charge on any atom is -0.458 e. The number of hydrogen-bond acceptors (Lipinski definition) is 4. The van der Waals surface area contributed by atoms with Crippen LogP contribution in [0.5, 0.6) is 0 Å². The highest BCUT2D eigenvalue weighted by atomic mass is 16.5. The van der Waals surface area contributed by atoms with Gasteiger partial charge in [-0.1, -0.05) is 38.1 Å². The Balaban J connectivity index is 1.91. The molecule has 0 bridgehead atoms. The molecule has 0 aliphatic carbocycles. The molecule has 4 heteroatoms.